The summed E-state index contributed by atoms with van der Waals surface area (Å²) in [7, 11) is 2.35. The fourth-order valence-corrected chi connectivity index (χ4v) is 4.10. The van der Waals surface area contributed by atoms with Crippen LogP contribution in [0.2, 0.25) is 0 Å². The van der Waals surface area contributed by atoms with Gasteiger partial charge in [-0.1, -0.05) is 13.8 Å². The molecule has 0 spiro atoms. The Morgan fingerprint density at radius 3 is 2.38 bits per heavy atom. The van der Waals surface area contributed by atoms with Crippen molar-refractivity contribution in [2.75, 3.05) is 33.4 Å². The molecule has 1 N–H and O–H groups in total. The van der Waals surface area contributed by atoms with Crippen LogP contribution in [0.15, 0.2) is 0 Å². The summed E-state index contributed by atoms with van der Waals surface area (Å²) in [6, 6.07) is 1.60. The minimum atomic E-state index is 0.365. The Labute approximate surface area is 130 Å². The minimum absolute atomic E-state index is 0.365. The Balaban J connectivity index is 1.52. The molecule has 2 saturated carbocycles. The first kappa shape index (κ1) is 15.8. The van der Waals surface area contributed by atoms with E-state index >= 15 is 0 Å². The second-order valence-corrected chi connectivity index (χ2v) is 8.77. The van der Waals surface area contributed by atoms with E-state index in [1.807, 2.05) is 0 Å². The molecule has 0 aromatic heterocycles. The quantitative estimate of drug-likeness (QED) is 0.815. The lowest BCUT2D eigenvalue weighted by Crippen LogP contribution is -2.48. The van der Waals surface area contributed by atoms with Gasteiger partial charge in [0.1, 0.15) is 0 Å². The fourth-order valence-electron chi connectivity index (χ4n) is 4.10. The smallest absolute Gasteiger partial charge is 0.0547 e. The molecule has 122 valence electrons. The number of nitrogens with zero attached hydrogens (tertiary/aromatic N) is 1. The highest BCUT2D eigenvalue weighted by atomic mass is 16.5. The summed E-state index contributed by atoms with van der Waals surface area (Å²) in [5, 5.41) is 3.75. The van der Waals surface area contributed by atoms with Gasteiger partial charge in [-0.3, -0.25) is 0 Å². The predicted molar refractivity (Wildman–Crippen MR) is 87.6 cm³/mol. The van der Waals surface area contributed by atoms with Crippen LogP contribution in [0.1, 0.15) is 58.8 Å². The van der Waals surface area contributed by atoms with Crippen molar-refractivity contribution in [2.24, 2.45) is 10.8 Å². The van der Waals surface area contributed by atoms with Crippen molar-refractivity contribution in [3.8, 4) is 0 Å². The lowest BCUT2D eigenvalue weighted by Gasteiger charge is -2.42. The maximum Gasteiger partial charge on any atom is 0.0547 e. The Hall–Kier alpha value is -0.120. The highest BCUT2D eigenvalue weighted by Crippen LogP contribution is 2.38. The van der Waals surface area contributed by atoms with Crippen LogP contribution in [-0.2, 0) is 4.74 Å². The third-order valence-corrected chi connectivity index (χ3v) is 6.04. The fraction of sp³-hybridized carbons (Fsp3) is 1.00. The van der Waals surface area contributed by atoms with Crippen molar-refractivity contribution in [1.82, 2.24) is 10.2 Å². The minimum Gasteiger partial charge on any atom is -0.381 e. The Morgan fingerprint density at radius 1 is 1.10 bits per heavy atom. The third kappa shape index (κ3) is 4.20. The molecule has 0 bridgehead atoms. The maximum absolute atomic E-state index is 5.77. The molecule has 0 aromatic carbocycles. The summed E-state index contributed by atoms with van der Waals surface area (Å²) in [5.74, 6) is 0. The largest absolute Gasteiger partial charge is 0.381 e. The van der Waals surface area contributed by atoms with Crippen LogP contribution in [0.25, 0.3) is 0 Å². The van der Waals surface area contributed by atoms with Gasteiger partial charge in [0.25, 0.3) is 0 Å². The molecular weight excluding hydrogens is 260 g/mol. The zero-order chi connectivity index (χ0) is 14.9. The molecule has 1 heterocycles. The van der Waals surface area contributed by atoms with Crippen LogP contribution in [0.5, 0.6) is 0 Å². The Bertz CT molecular complexity index is 335. The number of ether oxygens (including phenoxy) is 1. The molecule has 3 aliphatic rings. The average molecular weight is 294 g/mol. The van der Waals surface area contributed by atoms with Crippen LogP contribution in [0.4, 0.5) is 0 Å². The van der Waals surface area contributed by atoms with Crippen LogP contribution in [0, 0.1) is 10.8 Å². The van der Waals surface area contributed by atoms with Crippen LogP contribution in [-0.4, -0.2) is 50.3 Å². The summed E-state index contributed by atoms with van der Waals surface area (Å²) in [6.07, 6.45) is 9.49. The first-order valence-corrected chi connectivity index (χ1v) is 9.00. The van der Waals surface area contributed by atoms with E-state index in [-0.39, 0.29) is 0 Å². The molecule has 2 aliphatic carbocycles. The number of rotatable bonds is 6. The highest BCUT2D eigenvalue weighted by Gasteiger charge is 2.39. The van der Waals surface area contributed by atoms with Crippen LogP contribution in [0.3, 0.4) is 0 Å². The number of hydrogen-bond donors (Lipinski definition) is 1. The van der Waals surface area contributed by atoms with Crippen molar-refractivity contribution >= 4 is 0 Å². The van der Waals surface area contributed by atoms with E-state index in [1.165, 1.54) is 51.5 Å². The zero-order valence-electron chi connectivity index (χ0n) is 14.3. The maximum atomic E-state index is 5.77. The normalized spacial score (nSPS) is 33.7. The molecule has 3 nitrogen and oxygen atoms in total. The molecule has 3 fully saturated rings. The Morgan fingerprint density at radius 2 is 1.81 bits per heavy atom. The highest BCUT2D eigenvalue weighted by molar-refractivity contribution is 4.93. The second-order valence-electron chi connectivity index (χ2n) is 8.77. The van der Waals surface area contributed by atoms with E-state index in [0.29, 0.717) is 10.8 Å². The van der Waals surface area contributed by atoms with Gasteiger partial charge in [-0.15, -0.1) is 0 Å². The average Bonchev–Trinajstić information content (AvgIpc) is 3.16. The molecule has 1 unspecified atom stereocenters. The monoisotopic (exact) mass is 294 g/mol. The van der Waals surface area contributed by atoms with Gasteiger partial charge in [0, 0.05) is 37.2 Å². The van der Waals surface area contributed by atoms with E-state index in [9.17, 15) is 0 Å². The van der Waals surface area contributed by atoms with Gasteiger partial charge in [0.2, 0.25) is 0 Å². The molecule has 3 rings (SSSR count). The molecule has 3 heteroatoms. The first-order valence-electron chi connectivity index (χ1n) is 9.00. The standard InChI is InChI=1S/C18H34N2O/c1-17(2)8-6-16(7-9-17)20(3)13-18(10-11-21-14-18)12-19-15-4-5-15/h15-16,19H,4-14H2,1-3H3. The van der Waals surface area contributed by atoms with Crippen LogP contribution >= 0.6 is 0 Å². The van der Waals surface area contributed by atoms with Crippen molar-refractivity contribution in [3.63, 3.8) is 0 Å². The van der Waals surface area contributed by atoms with E-state index < -0.39 is 0 Å². The summed E-state index contributed by atoms with van der Waals surface area (Å²) in [5.41, 5.74) is 0.934. The summed E-state index contributed by atoms with van der Waals surface area (Å²) in [4.78, 5) is 2.65. The third-order valence-electron chi connectivity index (χ3n) is 6.04. The number of hydrogen-bond acceptors (Lipinski definition) is 3. The molecule has 1 saturated heterocycles. The van der Waals surface area contributed by atoms with Gasteiger partial charge in [0.15, 0.2) is 0 Å². The molecule has 0 aromatic rings. The molecule has 1 aliphatic heterocycles. The Kier molecular flexibility index (Phi) is 4.63. The van der Waals surface area contributed by atoms with Crippen LogP contribution < -0.4 is 5.32 Å². The SMILES string of the molecule is CN(CC1(CNC2CC2)CCOC1)C1CCC(C)(C)CC1. The molecule has 0 radical (unpaired) electrons. The second kappa shape index (κ2) is 6.17. The van der Waals surface area contributed by atoms with Gasteiger partial charge in [-0.05, 0) is 57.4 Å². The summed E-state index contributed by atoms with van der Waals surface area (Å²) >= 11 is 0. The van der Waals surface area contributed by atoms with Gasteiger partial charge in [-0.2, -0.15) is 0 Å². The van der Waals surface area contributed by atoms with E-state index in [0.717, 1.165) is 31.8 Å². The van der Waals surface area contributed by atoms with Crippen molar-refractivity contribution in [1.29, 1.82) is 0 Å². The molecular formula is C18H34N2O. The van der Waals surface area contributed by atoms with Gasteiger partial charge >= 0.3 is 0 Å². The van der Waals surface area contributed by atoms with E-state index in [4.69, 9.17) is 4.74 Å². The van der Waals surface area contributed by atoms with Gasteiger partial charge < -0.3 is 15.0 Å². The lowest BCUT2D eigenvalue weighted by molar-refractivity contribution is 0.0706. The number of nitrogens with one attached hydrogen (secondary N) is 1. The zero-order valence-corrected chi connectivity index (χ0v) is 14.3. The molecule has 21 heavy (non-hydrogen) atoms. The van der Waals surface area contributed by atoms with Crippen molar-refractivity contribution < 1.29 is 4.74 Å². The summed E-state index contributed by atoms with van der Waals surface area (Å²) < 4.78 is 5.77. The van der Waals surface area contributed by atoms with Gasteiger partial charge in [0.05, 0.1) is 6.61 Å². The molecule has 1 atom stereocenters. The van der Waals surface area contributed by atoms with E-state index in [1.54, 1.807) is 0 Å². The van der Waals surface area contributed by atoms with Gasteiger partial charge in [-0.25, -0.2) is 0 Å². The first-order chi connectivity index (χ1) is 9.98. The van der Waals surface area contributed by atoms with E-state index in [2.05, 4.69) is 31.1 Å². The molecule has 0 amide bonds. The van der Waals surface area contributed by atoms with Crippen molar-refractivity contribution in [3.05, 3.63) is 0 Å². The topological polar surface area (TPSA) is 24.5 Å². The lowest BCUT2D eigenvalue weighted by atomic mass is 9.75. The summed E-state index contributed by atoms with van der Waals surface area (Å²) in [6.45, 7) is 9.12. The predicted octanol–water partition coefficient (Wildman–Crippen LogP) is 3.05. The van der Waals surface area contributed by atoms with Crippen molar-refractivity contribution in [2.45, 2.75) is 70.9 Å².